The van der Waals surface area contributed by atoms with Gasteiger partial charge in [0.1, 0.15) is 0 Å². The van der Waals surface area contributed by atoms with Crippen molar-refractivity contribution in [1.29, 1.82) is 0 Å². The Morgan fingerprint density at radius 3 is 2.60 bits per heavy atom. The fraction of sp³-hybridized carbons (Fsp3) is 0.238. The number of rotatable bonds is 5. The molecule has 0 aliphatic heterocycles. The van der Waals surface area contributed by atoms with Crippen molar-refractivity contribution in [3.05, 3.63) is 60.7 Å². The molecule has 0 atom stereocenters. The maximum Gasteiger partial charge on any atom is 0.0522 e. The molecular weight excluding hydrogens is 310 g/mol. The average molecular weight is 331 g/mol. The molecule has 0 aliphatic rings. The summed E-state index contributed by atoms with van der Waals surface area (Å²) in [5.74, 6) is 0. The highest BCUT2D eigenvalue weighted by atomic mass is 16.2. The number of nitrogens with zero attached hydrogens (tertiary/aromatic N) is 3. The van der Waals surface area contributed by atoms with Gasteiger partial charge in [-0.2, -0.15) is 0 Å². The Balaban J connectivity index is 1.79. The second kappa shape index (κ2) is 6.65. The molecule has 3 aromatic heterocycles. The molecule has 0 unspecified atom stereocenters. The zero-order valence-corrected chi connectivity index (χ0v) is 14.3. The number of aryl methyl sites for hydroxylation is 2. The van der Waals surface area contributed by atoms with Crippen LogP contribution in [0.2, 0.25) is 0 Å². The fourth-order valence-corrected chi connectivity index (χ4v) is 3.47. The lowest BCUT2D eigenvalue weighted by Gasteiger charge is -2.06. The molecule has 0 bridgehead atoms. The molecule has 0 aliphatic carbocycles. The van der Waals surface area contributed by atoms with Gasteiger partial charge in [-0.1, -0.05) is 18.2 Å². The third kappa shape index (κ3) is 2.79. The van der Waals surface area contributed by atoms with Crippen LogP contribution in [0.5, 0.6) is 0 Å². The van der Waals surface area contributed by atoms with Crippen LogP contribution in [0.25, 0.3) is 32.9 Å². The Hall–Kier alpha value is -2.72. The Bertz CT molecular complexity index is 1020. The number of pyridine rings is 2. The van der Waals surface area contributed by atoms with E-state index in [9.17, 15) is 0 Å². The Morgan fingerprint density at radius 2 is 1.84 bits per heavy atom. The van der Waals surface area contributed by atoms with Crippen molar-refractivity contribution in [2.24, 2.45) is 0 Å². The van der Waals surface area contributed by atoms with E-state index in [1.807, 2.05) is 18.6 Å². The van der Waals surface area contributed by atoms with E-state index in [0.29, 0.717) is 0 Å². The number of hydrogen-bond acceptors (Lipinski definition) is 3. The monoisotopic (exact) mass is 331 g/mol. The first-order valence-corrected chi connectivity index (χ1v) is 8.74. The van der Waals surface area contributed by atoms with Gasteiger partial charge in [-0.25, -0.2) is 0 Å². The van der Waals surface area contributed by atoms with Crippen LogP contribution in [0.1, 0.15) is 19.0 Å². The van der Waals surface area contributed by atoms with E-state index in [4.69, 9.17) is 5.11 Å². The summed E-state index contributed by atoms with van der Waals surface area (Å²) in [4.78, 5) is 8.81. The lowest BCUT2D eigenvalue weighted by molar-refractivity contribution is 0.288. The van der Waals surface area contributed by atoms with Gasteiger partial charge in [0, 0.05) is 59.3 Å². The zero-order valence-electron chi connectivity index (χ0n) is 14.3. The molecule has 1 aromatic carbocycles. The van der Waals surface area contributed by atoms with Crippen LogP contribution in [-0.2, 0) is 13.0 Å². The van der Waals surface area contributed by atoms with Crippen molar-refractivity contribution in [2.75, 3.05) is 6.61 Å². The van der Waals surface area contributed by atoms with Gasteiger partial charge in [0.2, 0.25) is 0 Å². The third-order valence-electron chi connectivity index (χ3n) is 4.73. The predicted octanol–water partition coefficient (Wildman–Crippen LogP) is 4.20. The Kier molecular flexibility index (Phi) is 4.20. The van der Waals surface area contributed by atoms with Gasteiger partial charge >= 0.3 is 0 Å². The SMILES string of the molecule is CCn1c2ccncc2c2ccc(-c3ccc(CCCO)nc3)cc21. The molecule has 4 heteroatoms. The first-order valence-electron chi connectivity index (χ1n) is 8.74. The van der Waals surface area contributed by atoms with Gasteiger partial charge in [0.05, 0.1) is 5.52 Å². The molecule has 0 fully saturated rings. The number of hydrogen-bond donors (Lipinski definition) is 1. The van der Waals surface area contributed by atoms with Gasteiger partial charge in [-0.15, -0.1) is 0 Å². The molecule has 0 amide bonds. The van der Waals surface area contributed by atoms with Crippen molar-refractivity contribution in [2.45, 2.75) is 26.3 Å². The van der Waals surface area contributed by atoms with Crippen molar-refractivity contribution in [1.82, 2.24) is 14.5 Å². The predicted molar refractivity (Wildman–Crippen MR) is 102 cm³/mol. The largest absolute Gasteiger partial charge is 0.396 e. The number of fused-ring (bicyclic) bond motifs is 3. The van der Waals surface area contributed by atoms with Gasteiger partial charge in [0.15, 0.2) is 0 Å². The maximum atomic E-state index is 8.94. The topological polar surface area (TPSA) is 50.9 Å². The van der Waals surface area contributed by atoms with E-state index in [2.05, 4.69) is 57.9 Å². The van der Waals surface area contributed by atoms with Gasteiger partial charge in [0.25, 0.3) is 0 Å². The second-order valence-electron chi connectivity index (χ2n) is 6.23. The summed E-state index contributed by atoms with van der Waals surface area (Å²) >= 11 is 0. The molecule has 126 valence electrons. The maximum absolute atomic E-state index is 8.94. The van der Waals surface area contributed by atoms with Crippen LogP contribution in [0.15, 0.2) is 55.0 Å². The number of aliphatic hydroxyl groups is 1. The molecule has 1 N–H and O–H groups in total. The molecule has 4 rings (SSSR count). The van der Waals surface area contributed by atoms with Crippen LogP contribution in [0, 0.1) is 0 Å². The van der Waals surface area contributed by atoms with Crippen LogP contribution in [-0.4, -0.2) is 26.2 Å². The number of benzene rings is 1. The highest BCUT2D eigenvalue weighted by molar-refractivity contribution is 6.08. The van der Waals surface area contributed by atoms with Gasteiger partial charge in [-0.05, 0) is 43.5 Å². The van der Waals surface area contributed by atoms with E-state index >= 15 is 0 Å². The summed E-state index contributed by atoms with van der Waals surface area (Å²) in [5.41, 5.74) is 5.75. The minimum atomic E-state index is 0.205. The normalized spacial score (nSPS) is 11.4. The van der Waals surface area contributed by atoms with E-state index in [-0.39, 0.29) is 6.61 Å². The quantitative estimate of drug-likeness (QED) is 0.596. The summed E-state index contributed by atoms with van der Waals surface area (Å²) < 4.78 is 2.33. The van der Waals surface area contributed by atoms with Crippen molar-refractivity contribution >= 4 is 21.8 Å². The van der Waals surface area contributed by atoms with E-state index in [1.165, 1.54) is 27.4 Å². The number of aromatic nitrogens is 3. The van der Waals surface area contributed by atoms with Crippen molar-refractivity contribution in [3.8, 4) is 11.1 Å². The third-order valence-corrected chi connectivity index (χ3v) is 4.73. The second-order valence-corrected chi connectivity index (χ2v) is 6.23. The molecular formula is C21H21N3O. The van der Waals surface area contributed by atoms with Crippen molar-refractivity contribution < 1.29 is 5.11 Å². The zero-order chi connectivity index (χ0) is 17.2. The fourth-order valence-electron chi connectivity index (χ4n) is 3.47. The van der Waals surface area contributed by atoms with Crippen LogP contribution >= 0.6 is 0 Å². The van der Waals surface area contributed by atoms with Crippen LogP contribution in [0.3, 0.4) is 0 Å². The minimum absolute atomic E-state index is 0.205. The van der Waals surface area contributed by atoms with E-state index in [1.54, 1.807) is 0 Å². The highest BCUT2D eigenvalue weighted by Crippen LogP contribution is 2.31. The Labute approximate surface area is 146 Å². The first kappa shape index (κ1) is 15.8. The summed E-state index contributed by atoms with van der Waals surface area (Å²) in [6, 6.07) is 12.8. The molecule has 4 nitrogen and oxygen atoms in total. The smallest absolute Gasteiger partial charge is 0.0522 e. The van der Waals surface area contributed by atoms with Gasteiger partial charge in [-0.3, -0.25) is 9.97 Å². The summed E-state index contributed by atoms with van der Waals surface area (Å²) in [6.07, 6.45) is 7.29. The van der Waals surface area contributed by atoms with Crippen LogP contribution in [0.4, 0.5) is 0 Å². The summed E-state index contributed by atoms with van der Waals surface area (Å²) in [5, 5.41) is 11.4. The molecule has 0 saturated heterocycles. The average Bonchev–Trinajstić information content (AvgIpc) is 2.99. The van der Waals surface area contributed by atoms with E-state index in [0.717, 1.165) is 30.6 Å². The summed E-state index contributed by atoms with van der Waals surface area (Å²) in [7, 11) is 0. The van der Waals surface area contributed by atoms with E-state index < -0.39 is 0 Å². The Morgan fingerprint density at radius 1 is 0.960 bits per heavy atom. The summed E-state index contributed by atoms with van der Waals surface area (Å²) in [6.45, 7) is 3.30. The van der Waals surface area contributed by atoms with Gasteiger partial charge < -0.3 is 9.67 Å². The molecule has 0 radical (unpaired) electrons. The molecule has 25 heavy (non-hydrogen) atoms. The standard InChI is InChI=1S/C21H21N3O/c1-2-24-20-9-10-22-14-19(20)18-8-6-15(12-21(18)24)16-5-7-17(23-13-16)4-3-11-25/h5-10,12-14,25H,2-4,11H2,1H3. The van der Waals surface area contributed by atoms with Crippen molar-refractivity contribution in [3.63, 3.8) is 0 Å². The molecule has 3 heterocycles. The minimum Gasteiger partial charge on any atom is -0.396 e. The van der Waals surface area contributed by atoms with Crippen LogP contribution < -0.4 is 0 Å². The molecule has 0 saturated carbocycles. The first-order chi connectivity index (χ1) is 12.3. The highest BCUT2D eigenvalue weighted by Gasteiger charge is 2.11. The molecule has 4 aromatic rings. The lowest BCUT2D eigenvalue weighted by Crippen LogP contribution is -1.94. The number of aliphatic hydroxyl groups excluding tert-OH is 1. The lowest BCUT2D eigenvalue weighted by atomic mass is 10.0. The molecule has 0 spiro atoms.